The van der Waals surface area contributed by atoms with E-state index < -0.39 is 0 Å². The van der Waals surface area contributed by atoms with Crippen molar-refractivity contribution in [1.29, 1.82) is 0 Å². The molecule has 0 aliphatic carbocycles. The predicted molar refractivity (Wildman–Crippen MR) is 61.0 cm³/mol. The highest BCUT2D eigenvalue weighted by atomic mass is 16.5. The minimum Gasteiger partial charge on any atom is -0.493 e. The van der Waals surface area contributed by atoms with Gasteiger partial charge >= 0.3 is 0 Å². The van der Waals surface area contributed by atoms with Gasteiger partial charge in [0.2, 0.25) is 0 Å². The summed E-state index contributed by atoms with van der Waals surface area (Å²) in [6.07, 6.45) is 0. The molecule has 0 N–H and O–H groups in total. The lowest BCUT2D eigenvalue weighted by molar-refractivity contribution is 0.355. The van der Waals surface area contributed by atoms with Gasteiger partial charge in [-0.15, -0.1) is 0 Å². The summed E-state index contributed by atoms with van der Waals surface area (Å²) in [5, 5.41) is 0. The van der Waals surface area contributed by atoms with Crippen molar-refractivity contribution in [2.75, 3.05) is 6.61 Å². The van der Waals surface area contributed by atoms with Crippen molar-refractivity contribution in [3.05, 3.63) is 34.7 Å². The summed E-state index contributed by atoms with van der Waals surface area (Å²) >= 11 is 0. The lowest BCUT2D eigenvalue weighted by Crippen LogP contribution is -2.02. The predicted octanol–water partition coefficient (Wildman–Crippen LogP) is 3.44. The lowest BCUT2D eigenvalue weighted by Gasteiger charge is -2.18. The van der Waals surface area contributed by atoms with Crippen LogP contribution < -0.4 is 4.74 Å². The Hall–Kier alpha value is -0.980. The third-order valence-corrected chi connectivity index (χ3v) is 3.18. The molecular formula is C13H19O. The van der Waals surface area contributed by atoms with Gasteiger partial charge in [0.25, 0.3) is 0 Å². The van der Waals surface area contributed by atoms with Crippen LogP contribution in [0.5, 0.6) is 5.75 Å². The molecule has 1 radical (unpaired) electrons. The van der Waals surface area contributed by atoms with Gasteiger partial charge in [-0.25, -0.2) is 0 Å². The Labute approximate surface area is 87.1 Å². The number of benzene rings is 1. The maximum absolute atomic E-state index is 5.57. The summed E-state index contributed by atoms with van der Waals surface area (Å²) in [7, 11) is 0. The van der Waals surface area contributed by atoms with Crippen molar-refractivity contribution >= 4 is 0 Å². The van der Waals surface area contributed by atoms with Crippen molar-refractivity contribution in [3.8, 4) is 5.75 Å². The van der Waals surface area contributed by atoms with E-state index in [1.807, 2.05) is 0 Å². The van der Waals surface area contributed by atoms with E-state index in [4.69, 9.17) is 4.74 Å². The summed E-state index contributed by atoms with van der Waals surface area (Å²) in [6.45, 7) is 14.9. The first-order valence-corrected chi connectivity index (χ1v) is 4.99. The molecular weight excluding hydrogens is 172 g/mol. The highest BCUT2D eigenvalue weighted by Crippen LogP contribution is 2.31. The van der Waals surface area contributed by atoms with E-state index in [0.29, 0.717) is 6.61 Å². The van der Waals surface area contributed by atoms with Crippen LogP contribution in [0.2, 0.25) is 0 Å². The second-order valence-electron chi connectivity index (χ2n) is 3.80. The largest absolute Gasteiger partial charge is 0.493 e. The van der Waals surface area contributed by atoms with Crippen LogP contribution in [0.1, 0.15) is 27.8 Å². The molecule has 0 bridgehead atoms. The Bertz CT molecular complexity index is 322. The molecule has 0 amide bonds. The van der Waals surface area contributed by atoms with Crippen LogP contribution in [0.15, 0.2) is 0 Å². The van der Waals surface area contributed by atoms with Crippen molar-refractivity contribution in [3.63, 3.8) is 0 Å². The molecule has 0 atom stereocenters. The average molecular weight is 191 g/mol. The quantitative estimate of drug-likeness (QED) is 0.695. The summed E-state index contributed by atoms with van der Waals surface area (Å²) in [5.41, 5.74) is 6.52. The standard InChI is InChI=1S/C13H19O/c1-7-14-13-11(5)9(3)8(2)10(4)12(13)6/h1,7H2,2-6H3. The number of hydrogen-bond donors (Lipinski definition) is 0. The Morgan fingerprint density at radius 2 is 1.14 bits per heavy atom. The SMILES string of the molecule is [CH2]COc1c(C)c(C)c(C)c(C)c1C. The van der Waals surface area contributed by atoms with Gasteiger partial charge in [-0.05, 0) is 69.4 Å². The zero-order valence-electron chi connectivity index (χ0n) is 9.82. The number of rotatable bonds is 2. The molecule has 0 unspecified atom stereocenters. The minimum absolute atomic E-state index is 0.490. The molecule has 0 fully saturated rings. The van der Waals surface area contributed by atoms with Crippen molar-refractivity contribution in [1.82, 2.24) is 0 Å². The topological polar surface area (TPSA) is 9.23 Å². The summed E-state index contributed by atoms with van der Waals surface area (Å²) < 4.78 is 5.57. The maximum Gasteiger partial charge on any atom is 0.125 e. The fraction of sp³-hybridized carbons (Fsp3) is 0.462. The van der Waals surface area contributed by atoms with Crippen LogP contribution in [0.4, 0.5) is 0 Å². The van der Waals surface area contributed by atoms with Gasteiger partial charge in [-0.2, -0.15) is 0 Å². The van der Waals surface area contributed by atoms with Crippen molar-refractivity contribution in [2.45, 2.75) is 34.6 Å². The van der Waals surface area contributed by atoms with E-state index in [1.54, 1.807) is 0 Å². The zero-order valence-corrected chi connectivity index (χ0v) is 9.82. The fourth-order valence-electron chi connectivity index (χ4n) is 1.78. The van der Waals surface area contributed by atoms with Crippen LogP contribution in [0.25, 0.3) is 0 Å². The van der Waals surface area contributed by atoms with E-state index in [1.165, 1.54) is 27.8 Å². The molecule has 14 heavy (non-hydrogen) atoms. The molecule has 1 rings (SSSR count). The Balaban J connectivity index is 3.43. The van der Waals surface area contributed by atoms with Crippen LogP contribution in [-0.4, -0.2) is 6.61 Å². The normalized spacial score (nSPS) is 10.4. The Morgan fingerprint density at radius 1 is 0.786 bits per heavy atom. The second kappa shape index (κ2) is 4.04. The van der Waals surface area contributed by atoms with Gasteiger partial charge in [0, 0.05) is 0 Å². The van der Waals surface area contributed by atoms with Crippen molar-refractivity contribution in [2.24, 2.45) is 0 Å². The first-order chi connectivity index (χ1) is 6.50. The van der Waals surface area contributed by atoms with E-state index in [0.717, 1.165) is 5.75 Å². The highest BCUT2D eigenvalue weighted by Gasteiger charge is 2.12. The average Bonchev–Trinajstić information content (AvgIpc) is 2.19. The second-order valence-corrected chi connectivity index (χ2v) is 3.80. The molecule has 0 aromatic heterocycles. The third-order valence-electron chi connectivity index (χ3n) is 3.18. The number of ether oxygens (including phenoxy) is 1. The smallest absolute Gasteiger partial charge is 0.125 e. The molecule has 1 nitrogen and oxygen atoms in total. The van der Waals surface area contributed by atoms with Gasteiger partial charge in [0.15, 0.2) is 0 Å². The van der Waals surface area contributed by atoms with Crippen LogP contribution in [0.3, 0.4) is 0 Å². The molecule has 1 heteroatoms. The van der Waals surface area contributed by atoms with E-state index in [2.05, 4.69) is 41.5 Å². The molecule has 1 aromatic rings. The minimum atomic E-state index is 0.490. The van der Waals surface area contributed by atoms with Gasteiger partial charge < -0.3 is 4.74 Å². The molecule has 1 aromatic carbocycles. The molecule has 0 aliphatic heterocycles. The Morgan fingerprint density at radius 3 is 1.50 bits per heavy atom. The van der Waals surface area contributed by atoms with Gasteiger partial charge in [0.1, 0.15) is 5.75 Å². The van der Waals surface area contributed by atoms with Gasteiger partial charge in [0.05, 0.1) is 6.61 Å². The number of hydrogen-bond acceptors (Lipinski definition) is 1. The van der Waals surface area contributed by atoms with Gasteiger partial charge in [-0.3, -0.25) is 0 Å². The molecule has 77 valence electrons. The van der Waals surface area contributed by atoms with E-state index in [9.17, 15) is 0 Å². The first-order valence-electron chi connectivity index (χ1n) is 4.99. The molecule has 0 saturated carbocycles. The Kier molecular flexibility index (Phi) is 3.20. The highest BCUT2D eigenvalue weighted by molar-refractivity contribution is 5.53. The van der Waals surface area contributed by atoms with Gasteiger partial charge in [-0.1, -0.05) is 0 Å². The lowest BCUT2D eigenvalue weighted by atomic mass is 9.94. The van der Waals surface area contributed by atoms with Crippen LogP contribution >= 0.6 is 0 Å². The fourth-order valence-corrected chi connectivity index (χ4v) is 1.78. The summed E-state index contributed by atoms with van der Waals surface area (Å²) in [4.78, 5) is 0. The third kappa shape index (κ3) is 1.63. The molecule has 0 aliphatic rings. The van der Waals surface area contributed by atoms with Crippen LogP contribution in [0, 0.1) is 41.5 Å². The van der Waals surface area contributed by atoms with Crippen LogP contribution in [-0.2, 0) is 0 Å². The molecule has 0 spiro atoms. The van der Waals surface area contributed by atoms with Crippen molar-refractivity contribution < 1.29 is 4.74 Å². The van der Waals surface area contributed by atoms with E-state index >= 15 is 0 Å². The molecule has 0 heterocycles. The maximum atomic E-state index is 5.57. The summed E-state index contributed by atoms with van der Waals surface area (Å²) in [5.74, 6) is 1.01. The molecule has 0 saturated heterocycles. The zero-order chi connectivity index (χ0) is 10.9. The monoisotopic (exact) mass is 191 g/mol. The van der Waals surface area contributed by atoms with E-state index in [-0.39, 0.29) is 0 Å². The first kappa shape index (κ1) is 11.1. The summed E-state index contributed by atoms with van der Waals surface area (Å²) in [6, 6.07) is 0.